The van der Waals surface area contributed by atoms with Gasteiger partial charge >= 0.3 is 0 Å². The summed E-state index contributed by atoms with van der Waals surface area (Å²) in [5, 5.41) is 25.5. The number of ether oxygens (including phenoxy) is 2. The van der Waals surface area contributed by atoms with Crippen molar-refractivity contribution in [2.75, 3.05) is 14.2 Å². The molecule has 2 N–H and O–H groups in total. The normalized spacial score (nSPS) is 12.1. The van der Waals surface area contributed by atoms with Crippen molar-refractivity contribution in [3.8, 4) is 11.5 Å². The fourth-order valence-corrected chi connectivity index (χ4v) is 3.19. The standard InChI is InChI=1S/C23H30N2O4/c1-28-20-14-10-18(11-15-20)22(24-26)8-6-4-3-5-7-9-23(25-27)19-12-16-21(29-2)17-13-19/h10-17,26-27H,3-9H2,1-2H3. The summed E-state index contributed by atoms with van der Waals surface area (Å²) in [5.41, 5.74) is 3.22. The quantitative estimate of drug-likeness (QED) is 0.214. The molecule has 0 aliphatic rings. The van der Waals surface area contributed by atoms with E-state index in [2.05, 4.69) is 10.3 Å². The van der Waals surface area contributed by atoms with Gasteiger partial charge in [0.2, 0.25) is 0 Å². The first-order valence-electron chi connectivity index (χ1n) is 9.92. The van der Waals surface area contributed by atoms with E-state index in [4.69, 9.17) is 9.47 Å². The molecule has 6 heteroatoms. The van der Waals surface area contributed by atoms with Crippen molar-refractivity contribution < 1.29 is 19.9 Å². The zero-order chi connectivity index (χ0) is 20.9. The maximum absolute atomic E-state index is 9.29. The van der Waals surface area contributed by atoms with Crippen LogP contribution in [0.25, 0.3) is 0 Å². The summed E-state index contributed by atoms with van der Waals surface area (Å²) in [6.07, 6.45) is 6.60. The summed E-state index contributed by atoms with van der Waals surface area (Å²) >= 11 is 0. The topological polar surface area (TPSA) is 83.6 Å². The van der Waals surface area contributed by atoms with Crippen molar-refractivity contribution in [1.82, 2.24) is 0 Å². The molecule has 0 saturated heterocycles. The minimum Gasteiger partial charge on any atom is -0.497 e. The van der Waals surface area contributed by atoms with Gasteiger partial charge in [0.1, 0.15) is 11.5 Å². The molecule has 156 valence electrons. The summed E-state index contributed by atoms with van der Waals surface area (Å²) in [6.45, 7) is 0. The number of rotatable bonds is 12. The van der Waals surface area contributed by atoms with Crippen molar-refractivity contribution in [2.24, 2.45) is 10.3 Å². The molecule has 0 amide bonds. The number of oxime groups is 2. The van der Waals surface area contributed by atoms with Crippen LogP contribution in [-0.4, -0.2) is 36.1 Å². The van der Waals surface area contributed by atoms with Gasteiger partial charge in [0.15, 0.2) is 0 Å². The first kappa shape index (κ1) is 22.3. The smallest absolute Gasteiger partial charge is 0.118 e. The highest BCUT2D eigenvalue weighted by Crippen LogP contribution is 2.17. The van der Waals surface area contributed by atoms with E-state index >= 15 is 0 Å². The van der Waals surface area contributed by atoms with Crippen molar-refractivity contribution in [3.63, 3.8) is 0 Å². The number of benzene rings is 2. The molecule has 2 rings (SSSR count). The van der Waals surface area contributed by atoms with Gasteiger partial charge in [-0.1, -0.05) is 29.6 Å². The molecule has 2 aromatic carbocycles. The van der Waals surface area contributed by atoms with Gasteiger partial charge in [-0.05, 0) is 85.3 Å². The van der Waals surface area contributed by atoms with Gasteiger partial charge in [0.25, 0.3) is 0 Å². The lowest BCUT2D eigenvalue weighted by atomic mass is 10.0. The number of hydrogen-bond donors (Lipinski definition) is 2. The Morgan fingerprint density at radius 3 is 1.28 bits per heavy atom. The molecule has 29 heavy (non-hydrogen) atoms. The minimum atomic E-state index is 0.696. The zero-order valence-electron chi connectivity index (χ0n) is 17.2. The summed E-state index contributed by atoms with van der Waals surface area (Å²) in [5.74, 6) is 1.57. The molecule has 0 radical (unpaired) electrons. The third kappa shape index (κ3) is 7.14. The van der Waals surface area contributed by atoms with Crippen LogP contribution in [0.1, 0.15) is 56.1 Å². The van der Waals surface area contributed by atoms with E-state index in [1.54, 1.807) is 14.2 Å². The Morgan fingerprint density at radius 1 is 0.621 bits per heavy atom. The first-order chi connectivity index (χ1) is 14.2. The second kappa shape index (κ2) is 12.4. The average molecular weight is 399 g/mol. The molecule has 0 fully saturated rings. The van der Waals surface area contributed by atoms with Gasteiger partial charge in [-0.25, -0.2) is 0 Å². The van der Waals surface area contributed by atoms with Crippen LogP contribution in [0.3, 0.4) is 0 Å². The van der Waals surface area contributed by atoms with Crippen LogP contribution in [-0.2, 0) is 0 Å². The number of unbranched alkanes of at least 4 members (excludes halogenated alkanes) is 4. The first-order valence-corrected chi connectivity index (χ1v) is 9.92. The van der Waals surface area contributed by atoms with Gasteiger partial charge in [0, 0.05) is 0 Å². The second-order valence-electron chi connectivity index (χ2n) is 6.82. The molecule has 6 nitrogen and oxygen atoms in total. The Morgan fingerprint density at radius 2 is 0.966 bits per heavy atom. The maximum atomic E-state index is 9.29. The fourth-order valence-electron chi connectivity index (χ4n) is 3.19. The maximum Gasteiger partial charge on any atom is 0.118 e. The molecule has 0 aromatic heterocycles. The highest BCUT2D eigenvalue weighted by atomic mass is 16.5. The van der Waals surface area contributed by atoms with Crippen LogP contribution < -0.4 is 9.47 Å². The van der Waals surface area contributed by atoms with Gasteiger partial charge in [-0.3, -0.25) is 0 Å². The SMILES string of the molecule is COc1ccc(C(CCCCCCCC(=NO)c2ccc(OC)cc2)=NO)cc1. The van der Waals surface area contributed by atoms with E-state index in [0.29, 0.717) is 11.4 Å². The van der Waals surface area contributed by atoms with Crippen molar-refractivity contribution in [3.05, 3.63) is 59.7 Å². The zero-order valence-corrected chi connectivity index (χ0v) is 17.2. The molecule has 0 spiro atoms. The van der Waals surface area contributed by atoms with E-state index in [0.717, 1.165) is 67.6 Å². The van der Waals surface area contributed by atoms with Gasteiger partial charge in [-0.15, -0.1) is 0 Å². The third-order valence-electron chi connectivity index (χ3n) is 4.92. The van der Waals surface area contributed by atoms with Gasteiger partial charge in [-0.2, -0.15) is 0 Å². The number of nitrogens with zero attached hydrogens (tertiary/aromatic N) is 2. The van der Waals surface area contributed by atoms with E-state index < -0.39 is 0 Å². The van der Waals surface area contributed by atoms with Crippen LogP contribution >= 0.6 is 0 Å². The highest BCUT2D eigenvalue weighted by molar-refractivity contribution is 6.00. The molecular weight excluding hydrogens is 368 g/mol. The lowest BCUT2D eigenvalue weighted by molar-refractivity contribution is 0.317. The molecule has 0 saturated carbocycles. The number of methoxy groups -OCH3 is 2. The van der Waals surface area contributed by atoms with Gasteiger partial charge < -0.3 is 19.9 Å². The van der Waals surface area contributed by atoms with Crippen LogP contribution in [0.4, 0.5) is 0 Å². The van der Waals surface area contributed by atoms with E-state index in [-0.39, 0.29) is 0 Å². The Kier molecular flexibility index (Phi) is 9.55. The molecule has 0 atom stereocenters. The number of hydrogen-bond acceptors (Lipinski definition) is 6. The molecule has 0 aliphatic heterocycles. The lowest BCUT2D eigenvalue weighted by Gasteiger charge is -2.07. The van der Waals surface area contributed by atoms with E-state index in [1.807, 2.05) is 48.5 Å². The molecular formula is C23H30N2O4. The van der Waals surface area contributed by atoms with Crippen molar-refractivity contribution in [2.45, 2.75) is 44.9 Å². The molecule has 0 unspecified atom stereocenters. The van der Waals surface area contributed by atoms with Crippen LogP contribution in [0, 0.1) is 0 Å². The molecule has 0 heterocycles. The second-order valence-corrected chi connectivity index (χ2v) is 6.82. The lowest BCUT2D eigenvalue weighted by Crippen LogP contribution is -2.02. The Labute approximate surface area is 172 Å². The van der Waals surface area contributed by atoms with Crippen LogP contribution in [0.2, 0.25) is 0 Å². The fraction of sp³-hybridized carbons (Fsp3) is 0.391. The molecule has 2 aromatic rings. The molecule has 0 aliphatic carbocycles. The Hall–Kier alpha value is -3.02. The third-order valence-corrected chi connectivity index (χ3v) is 4.92. The highest BCUT2D eigenvalue weighted by Gasteiger charge is 2.07. The largest absolute Gasteiger partial charge is 0.497 e. The average Bonchev–Trinajstić information content (AvgIpc) is 2.78. The summed E-state index contributed by atoms with van der Waals surface area (Å²) in [4.78, 5) is 0. The molecule has 0 bridgehead atoms. The minimum absolute atomic E-state index is 0.696. The Bertz CT molecular complexity index is 716. The summed E-state index contributed by atoms with van der Waals surface area (Å²) in [6, 6.07) is 15.1. The predicted octanol–water partition coefficient (Wildman–Crippen LogP) is 5.49. The van der Waals surface area contributed by atoms with Crippen LogP contribution in [0.15, 0.2) is 58.8 Å². The Balaban J connectivity index is 1.66. The van der Waals surface area contributed by atoms with Crippen molar-refractivity contribution in [1.29, 1.82) is 0 Å². The van der Waals surface area contributed by atoms with Crippen molar-refractivity contribution >= 4 is 11.4 Å². The predicted molar refractivity (Wildman–Crippen MR) is 115 cm³/mol. The summed E-state index contributed by atoms with van der Waals surface area (Å²) in [7, 11) is 3.25. The summed E-state index contributed by atoms with van der Waals surface area (Å²) < 4.78 is 10.3. The van der Waals surface area contributed by atoms with E-state index in [9.17, 15) is 10.4 Å². The van der Waals surface area contributed by atoms with E-state index in [1.165, 1.54) is 0 Å². The van der Waals surface area contributed by atoms with Gasteiger partial charge in [0.05, 0.1) is 25.6 Å². The van der Waals surface area contributed by atoms with Crippen LogP contribution in [0.5, 0.6) is 11.5 Å². The monoisotopic (exact) mass is 398 g/mol.